The van der Waals surface area contributed by atoms with Crippen LogP contribution in [0.3, 0.4) is 0 Å². The predicted molar refractivity (Wildman–Crippen MR) is 337 cm³/mol. The Balaban J connectivity index is 0.000000820. The lowest BCUT2D eigenvalue weighted by molar-refractivity contribution is 1.22. The van der Waals surface area contributed by atoms with E-state index in [0.29, 0.717) is 0 Å². The van der Waals surface area contributed by atoms with E-state index in [1.54, 1.807) is 0 Å². The molecule has 0 aliphatic rings. The van der Waals surface area contributed by atoms with Gasteiger partial charge in [-0.3, -0.25) is 0 Å². The molecule has 0 radical (unpaired) electrons. The maximum Gasteiger partial charge on any atom is -0.0392 e. The fourth-order valence-corrected chi connectivity index (χ4v) is 7.65. The minimum Gasteiger partial charge on any atom is -0.0683 e. The van der Waals surface area contributed by atoms with Crippen molar-refractivity contribution in [2.45, 2.75) is 180 Å². The largest absolute Gasteiger partial charge is 0.0683 e. The summed E-state index contributed by atoms with van der Waals surface area (Å²) in [5.74, 6) is 0. The van der Waals surface area contributed by atoms with E-state index in [-0.39, 0.29) is 0 Å². The van der Waals surface area contributed by atoms with Crippen LogP contribution in [0.1, 0.15) is 147 Å². The number of aryl methyl sites for hydroxylation is 21. The standard InChI is InChI=1S/3C10H14.2C9H12.3C8H10.C2H6/c1-7-5-9(3)10(4)6-8(7)2;1-7-5-8(2)10(4)9(3)6-7;1-7-5-6-8(2)10(4)9(7)3;1-7-4-8(2)6-9(3)5-7;1-7-4-5-8(2)9(3)6-7;1-7-3-5-8(2)6-4-7;1-7-4-3-5-8(2)6-7;1-7-5-3-4-6-8(7)2;1-2/h3*5-6H,1-4H3;2*4-6H,1-3H3;3*3-6H,1-2H3;1-2H3. The molecule has 8 aromatic rings. The first-order valence-corrected chi connectivity index (χ1v) is 26.9. The zero-order valence-corrected chi connectivity index (χ0v) is 51.9. The molecular formula is C74H102. The summed E-state index contributed by atoms with van der Waals surface area (Å²) in [4.78, 5) is 0. The van der Waals surface area contributed by atoms with Gasteiger partial charge in [-0.2, -0.15) is 0 Å². The van der Waals surface area contributed by atoms with Crippen molar-refractivity contribution >= 4 is 0 Å². The summed E-state index contributed by atoms with van der Waals surface area (Å²) in [5.41, 5.74) is 33.0. The summed E-state index contributed by atoms with van der Waals surface area (Å²) in [7, 11) is 0. The molecule has 0 aliphatic heterocycles. The van der Waals surface area contributed by atoms with Crippen LogP contribution in [0.25, 0.3) is 0 Å². The Morgan fingerprint density at radius 2 is 0.392 bits per heavy atom. The molecular weight excluding hydrogens is 889 g/mol. The van der Waals surface area contributed by atoms with E-state index in [0.717, 1.165) is 0 Å². The van der Waals surface area contributed by atoms with Gasteiger partial charge in [-0.1, -0.05) is 210 Å². The van der Waals surface area contributed by atoms with Crippen LogP contribution in [0.4, 0.5) is 0 Å². The molecule has 8 rings (SSSR count). The van der Waals surface area contributed by atoms with Crippen LogP contribution in [0, 0.1) is 166 Å². The van der Waals surface area contributed by atoms with Crippen LogP contribution >= 0.6 is 0 Å². The Labute approximate surface area is 456 Å². The molecule has 0 heterocycles. The molecule has 0 saturated carbocycles. The highest BCUT2D eigenvalue weighted by atomic mass is 14.0. The van der Waals surface area contributed by atoms with Crippen LogP contribution in [-0.4, -0.2) is 0 Å². The van der Waals surface area contributed by atoms with E-state index in [1.807, 2.05) is 13.8 Å². The van der Waals surface area contributed by atoms with Gasteiger partial charge in [-0.15, -0.1) is 0 Å². The first kappa shape index (κ1) is 67.8. The van der Waals surface area contributed by atoms with E-state index in [1.165, 1.54) is 134 Å². The molecule has 0 aromatic heterocycles. The van der Waals surface area contributed by atoms with Gasteiger partial charge < -0.3 is 0 Å². The normalized spacial score (nSPS) is 9.49. The van der Waals surface area contributed by atoms with Gasteiger partial charge in [0, 0.05) is 0 Å². The van der Waals surface area contributed by atoms with E-state index < -0.39 is 0 Å². The molecule has 0 N–H and O–H groups in total. The van der Waals surface area contributed by atoms with Gasteiger partial charge in [0.2, 0.25) is 0 Å². The second-order valence-corrected chi connectivity index (χ2v) is 20.6. The van der Waals surface area contributed by atoms with Gasteiger partial charge in [0.05, 0.1) is 0 Å². The smallest absolute Gasteiger partial charge is 0.0392 e. The Morgan fingerprint density at radius 1 is 0.149 bits per heavy atom. The Hall–Kier alpha value is -6.24. The van der Waals surface area contributed by atoms with Crippen molar-refractivity contribution in [1.29, 1.82) is 0 Å². The van der Waals surface area contributed by atoms with Gasteiger partial charge in [-0.25, -0.2) is 0 Å². The molecule has 0 saturated heterocycles. The van der Waals surface area contributed by atoms with Gasteiger partial charge in [0.15, 0.2) is 0 Å². The summed E-state index contributed by atoms with van der Waals surface area (Å²) in [5, 5.41) is 0. The van der Waals surface area contributed by atoms with Crippen molar-refractivity contribution in [3.63, 3.8) is 0 Å². The summed E-state index contributed by atoms with van der Waals surface area (Å²) in [6, 6.07) is 51.6. The quantitative estimate of drug-likeness (QED) is 0.142. The molecule has 74 heavy (non-hydrogen) atoms. The Morgan fingerprint density at radius 3 is 0.676 bits per heavy atom. The molecule has 398 valence electrons. The van der Waals surface area contributed by atoms with Crippen molar-refractivity contribution in [2.24, 2.45) is 0 Å². The van der Waals surface area contributed by atoms with Crippen LogP contribution in [-0.2, 0) is 0 Å². The molecule has 0 heteroatoms. The summed E-state index contributed by atoms with van der Waals surface area (Å²) < 4.78 is 0. The van der Waals surface area contributed by atoms with E-state index in [9.17, 15) is 0 Å². The molecule has 0 atom stereocenters. The molecule has 8 aromatic carbocycles. The third-order valence-corrected chi connectivity index (χ3v) is 13.4. The van der Waals surface area contributed by atoms with E-state index in [2.05, 4.69) is 312 Å². The number of hydrogen-bond acceptors (Lipinski definition) is 0. The highest BCUT2D eigenvalue weighted by Crippen LogP contribution is 2.17. The zero-order chi connectivity index (χ0) is 56.8. The van der Waals surface area contributed by atoms with Crippen LogP contribution in [0.15, 0.2) is 146 Å². The summed E-state index contributed by atoms with van der Waals surface area (Å²) >= 11 is 0. The highest BCUT2D eigenvalue weighted by molar-refractivity contribution is 5.39. The second-order valence-electron chi connectivity index (χ2n) is 20.6. The van der Waals surface area contributed by atoms with E-state index >= 15 is 0 Å². The first-order valence-electron chi connectivity index (χ1n) is 26.9. The van der Waals surface area contributed by atoms with Crippen molar-refractivity contribution in [1.82, 2.24) is 0 Å². The molecule has 0 amide bonds. The van der Waals surface area contributed by atoms with Crippen molar-refractivity contribution in [2.75, 3.05) is 0 Å². The fraction of sp³-hybridized carbons (Fsp3) is 0.351. The summed E-state index contributed by atoms with van der Waals surface area (Å²) in [6.07, 6.45) is 0. The third-order valence-electron chi connectivity index (χ3n) is 13.4. The SMILES string of the molecule is CC.Cc1cc(C)c(C)c(C)c1.Cc1cc(C)c(C)cc1C.Cc1cc(C)cc(C)c1.Cc1ccc(C)c(C)c1.Cc1ccc(C)c(C)c1C.Cc1ccc(C)cc1.Cc1cccc(C)c1.Cc1ccccc1C. The molecule has 0 aliphatic carbocycles. The lowest BCUT2D eigenvalue weighted by atomic mass is 10.0. The number of rotatable bonds is 0. The second kappa shape index (κ2) is 35.8. The highest BCUT2D eigenvalue weighted by Gasteiger charge is 1.99. The predicted octanol–water partition coefficient (Wildman–Crippen LogP) is 21.9. The van der Waals surface area contributed by atoms with Gasteiger partial charge >= 0.3 is 0 Å². The van der Waals surface area contributed by atoms with Crippen molar-refractivity contribution in [3.05, 3.63) is 279 Å². The first-order chi connectivity index (χ1) is 34.6. The lowest BCUT2D eigenvalue weighted by Gasteiger charge is -2.06. The average molecular weight is 992 g/mol. The monoisotopic (exact) mass is 991 g/mol. The number of benzene rings is 8. The van der Waals surface area contributed by atoms with Gasteiger partial charge in [0.25, 0.3) is 0 Å². The zero-order valence-electron chi connectivity index (χ0n) is 51.9. The minimum absolute atomic E-state index is 1.33. The third kappa shape index (κ3) is 28.3. The van der Waals surface area contributed by atoms with Crippen LogP contribution < -0.4 is 0 Å². The van der Waals surface area contributed by atoms with Crippen LogP contribution in [0.2, 0.25) is 0 Å². The van der Waals surface area contributed by atoms with Gasteiger partial charge in [0.1, 0.15) is 0 Å². The topological polar surface area (TPSA) is 0 Å². The minimum atomic E-state index is 1.33. The Bertz CT molecular complexity index is 2650. The maximum absolute atomic E-state index is 2.24. The molecule has 0 bridgehead atoms. The molecule has 0 nitrogen and oxygen atoms in total. The number of hydrogen-bond donors (Lipinski definition) is 0. The van der Waals surface area contributed by atoms with Crippen molar-refractivity contribution in [3.8, 4) is 0 Å². The van der Waals surface area contributed by atoms with Crippen molar-refractivity contribution < 1.29 is 0 Å². The fourth-order valence-electron chi connectivity index (χ4n) is 7.65. The summed E-state index contributed by atoms with van der Waals surface area (Å²) in [6.45, 7) is 55.3. The molecule has 0 unspecified atom stereocenters. The Kier molecular flexibility index (Phi) is 32.8. The average Bonchev–Trinajstić information content (AvgIpc) is 3.33. The maximum atomic E-state index is 2.24. The van der Waals surface area contributed by atoms with Crippen LogP contribution in [0.5, 0.6) is 0 Å². The van der Waals surface area contributed by atoms with Gasteiger partial charge in [-0.05, 0) is 250 Å². The lowest BCUT2D eigenvalue weighted by Crippen LogP contribution is -1.88. The molecule has 0 spiro atoms. The van der Waals surface area contributed by atoms with E-state index in [4.69, 9.17) is 0 Å². The molecule has 0 fully saturated rings.